The number of nitrogen functional groups attached to an aromatic ring is 2. The third kappa shape index (κ3) is 2.57. The van der Waals surface area contributed by atoms with Crippen molar-refractivity contribution < 1.29 is 4.92 Å². The van der Waals surface area contributed by atoms with Crippen LogP contribution in [0.5, 0.6) is 0 Å². The fourth-order valence-corrected chi connectivity index (χ4v) is 1.17. The van der Waals surface area contributed by atoms with Crippen LogP contribution in [0.15, 0.2) is 12.1 Å². The van der Waals surface area contributed by atoms with Crippen LogP contribution < -0.4 is 11.5 Å². The highest BCUT2D eigenvalue weighted by Gasteiger charge is 2.15. The molecule has 0 amide bonds. The van der Waals surface area contributed by atoms with Crippen molar-refractivity contribution in [1.82, 2.24) is 0 Å². The van der Waals surface area contributed by atoms with Gasteiger partial charge in [0.2, 0.25) is 0 Å². The zero-order valence-electron chi connectivity index (χ0n) is 7.98. The predicted molar refractivity (Wildman–Crippen MR) is 60.5 cm³/mol. The van der Waals surface area contributed by atoms with Gasteiger partial charge < -0.3 is 11.5 Å². The number of nitro groups is 1. The highest BCUT2D eigenvalue weighted by atomic mass is 35.5. The number of nitrogens with zero attached hydrogens (tertiary/aromatic N) is 1. The van der Waals surface area contributed by atoms with E-state index in [1.807, 2.05) is 0 Å². The molecule has 0 aromatic heterocycles. The van der Waals surface area contributed by atoms with Gasteiger partial charge in [-0.1, -0.05) is 0 Å². The van der Waals surface area contributed by atoms with Gasteiger partial charge in [-0.2, -0.15) is 0 Å². The molecule has 1 rings (SSSR count). The minimum atomic E-state index is -0.596. The Balaban J connectivity index is 0.00000196. The quantitative estimate of drug-likeness (QED) is 0.232. The van der Waals surface area contributed by atoms with E-state index in [9.17, 15) is 10.1 Å². The Bertz CT molecular complexity index is 384. The Hall–Kier alpha value is -1.82. The average Bonchev–Trinajstić information content (AvgIpc) is 2.02. The Morgan fingerprint density at radius 2 is 2.07 bits per heavy atom. The lowest BCUT2D eigenvalue weighted by Gasteiger charge is -2.05. The summed E-state index contributed by atoms with van der Waals surface area (Å²) in [6.07, 6.45) is 0. The van der Waals surface area contributed by atoms with Gasteiger partial charge in [0.1, 0.15) is 11.5 Å². The van der Waals surface area contributed by atoms with Crippen molar-refractivity contribution in [2.75, 3.05) is 5.73 Å². The highest BCUT2D eigenvalue weighted by Crippen LogP contribution is 2.24. The van der Waals surface area contributed by atoms with Gasteiger partial charge in [0, 0.05) is 11.6 Å². The van der Waals surface area contributed by atoms with Crippen LogP contribution in [0.1, 0.15) is 11.1 Å². The van der Waals surface area contributed by atoms with Crippen molar-refractivity contribution in [3.63, 3.8) is 0 Å². The van der Waals surface area contributed by atoms with E-state index in [0.717, 1.165) is 0 Å². The molecule has 7 heteroatoms. The number of nitrogens with one attached hydrogen (secondary N) is 1. The molecule has 0 saturated heterocycles. The van der Waals surface area contributed by atoms with E-state index >= 15 is 0 Å². The van der Waals surface area contributed by atoms with E-state index in [4.69, 9.17) is 16.9 Å². The van der Waals surface area contributed by atoms with E-state index in [0.29, 0.717) is 11.1 Å². The fraction of sp³-hybridized carbons (Fsp3) is 0.125. The summed E-state index contributed by atoms with van der Waals surface area (Å²) in [5.41, 5.74) is 11.5. The fourth-order valence-electron chi connectivity index (χ4n) is 1.17. The number of nitrogens with two attached hydrogens (primary N) is 2. The van der Waals surface area contributed by atoms with Gasteiger partial charge in [-0.25, -0.2) is 0 Å². The largest absolute Gasteiger partial charge is 0.393 e. The second-order valence-corrected chi connectivity index (χ2v) is 2.90. The summed E-state index contributed by atoms with van der Waals surface area (Å²) in [6.45, 7) is 1.69. The molecular weight excluding hydrogens is 220 g/mol. The van der Waals surface area contributed by atoms with Crippen molar-refractivity contribution in [3.8, 4) is 0 Å². The number of nitro benzene ring substituents is 1. The number of amidine groups is 1. The van der Waals surface area contributed by atoms with Gasteiger partial charge in [0.15, 0.2) is 0 Å². The molecule has 0 bridgehead atoms. The van der Waals surface area contributed by atoms with Crippen molar-refractivity contribution in [2.45, 2.75) is 6.92 Å². The molecule has 15 heavy (non-hydrogen) atoms. The maximum Gasteiger partial charge on any atom is 0.292 e. The first-order valence-electron chi connectivity index (χ1n) is 3.82. The second-order valence-electron chi connectivity index (χ2n) is 2.90. The van der Waals surface area contributed by atoms with Crippen LogP contribution in [0.4, 0.5) is 11.4 Å². The number of hydrogen-bond acceptors (Lipinski definition) is 4. The molecule has 82 valence electrons. The van der Waals surface area contributed by atoms with E-state index in [1.54, 1.807) is 6.92 Å². The summed E-state index contributed by atoms with van der Waals surface area (Å²) in [7, 11) is 0. The first-order valence-corrected chi connectivity index (χ1v) is 3.82. The smallest absolute Gasteiger partial charge is 0.292 e. The molecule has 5 N–H and O–H groups in total. The van der Waals surface area contributed by atoms with Crippen LogP contribution in [0, 0.1) is 22.4 Å². The molecule has 0 aliphatic rings. The van der Waals surface area contributed by atoms with Crippen LogP contribution in [0.2, 0.25) is 0 Å². The van der Waals surface area contributed by atoms with Gasteiger partial charge >= 0.3 is 0 Å². The third-order valence-electron chi connectivity index (χ3n) is 1.86. The van der Waals surface area contributed by atoms with Gasteiger partial charge in [0.25, 0.3) is 5.69 Å². The molecule has 0 unspecified atom stereocenters. The van der Waals surface area contributed by atoms with Crippen molar-refractivity contribution in [1.29, 1.82) is 5.41 Å². The number of aryl methyl sites for hydroxylation is 1. The number of benzene rings is 1. The minimum Gasteiger partial charge on any atom is -0.393 e. The molecular formula is C8H11ClN4O2. The summed E-state index contributed by atoms with van der Waals surface area (Å²) < 4.78 is 0. The number of hydrogen-bond donors (Lipinski definition) is 3. The SMILES string of the molecule is Cc1cc(N)c([N+](=O)[O-])cc1C(=N)N.Cl. The zero-order chi connectivity index (χ0) is 10.9. The Morgan fingerprint density at radius 1 is 1.53 bits per heavy atom. The summed E-state index contributed by atoms with van der Waals surface area (Å²) in [5, 5.41) is 17.7. The predicted octanol–water partition coefficient (Wildman–Crippen LogP) is 1.19. The normalized spacial score (nSPS) is 9.13. The van der Waals surface area contributed by atoms with E-state index < -0.39 is 4.92 Å². The molecule has 0 heterocycles. The van der Waals surface area contributed by atoms with E-state index in [2.05, 4.69) is 0 Å². The molecule has 0 saturated carbocycles. The second kappa shape index (κ2) is 4.61. The molecule has 0 atom stereocenters. The Kier molecular flexibility index (Phi) is 4.05. The first-order chi connectivity index (χ1) is 6.43. The minimum absolute atomic E-state index is 0. The number of rotatable bonds is 2. The molecule has 6 nitrogen and oxygen atoms in total. The van der Waals surface area contributed by atoms with E-state index in [1.165, 1.54) is 12.1 Å². The third-order valence-corrected chi connectivity index (χ3v) is 1.86. The van der Waals surface area contributed by atoms with Gasteiger partial charge in [0.05, 0.1) is 4.92 Å². The number of anilines is 1. The van der Waals surface area contributed by atoms with Gasteiger partial charge in [-0.05, 0) is 18.6 Å². The summed E-state index contributed by atoms with van der Waals surface area (Å²) >= 11 is 0. The molecule has 0 fully saturated rings. The van der Waals surface area contributed by atoms with E-state index in [-0.39, 0.29) is 29.6 Å². The van der Waals surface area contributed by atoms with Crippen molar-refractivity contribution >= 4 is 29.6 Å². The Morgan fingerprint density at radius 3 is 2.47 bits per heavy atom. The van der Waals surface area contributed by atoms with Crippen molar-refractivity contribution in [3.05, 3.63) is 33.4 Å². The molecule has 1 aromatic carbocycles. The standard InChI is InChI=1S/C8H10N4O2.ClH/c1-4-2-6(9)7(12(13)14)3-5(4)8(10)11;/h2-3H,9H2,1H3,(H3,10,11);1H. The van der Waals surface area contributed by atoms with Crippen LogP contribution in [0.3, 0.4) is 0 Å². The summed E-state index contributed by atoms with van der Waals surface area (Å²) in [4.78, 5) is 9.93. The molecule has 0 spiro atoms. The maximum atomic E-state index is 10.5. The van der Waals surface area contributed by atoms with Crippen molar-refractivity contribution in [2.24, 2.45) is 5.73 Å². The summed E-state index contributed by atoms with van der Waals surface area (Å²) in [5.74, 6) is -0.203. The maximum absolute atomic E-state index is 10.5. The summed E-state index contributed by atoms with van der Waals surface area (Å²) in [6, 6.07) is 2.65. The lowest BCUT2D eigenvalue weighted by molar-refractivity contribution is -0.383. The molecule has 0 aliphatic heterocycles. The Labute approximate surface area is 92.3 Å². The molecule has 1 aromatic rings. The monoisotopic (exact) mass is 230 g/mol. The van der Waals surface area contributed by atoms with Crippen LogP contribution >= 0.6 is 12.4 Å². The number of halogens is 1. The topological polar surface area (TPSA) is 119 Å². The van der Waals surface area contributed by atoms with Gasteiger partial charge in [-0.15, -0.1) is 12.4 Å². The first kappa shape index (κ1) is 13.2. The lowest BCUT2D eigenvalue weighted by atomic mass is 10.1. The van der Waals surface area contributed by atoms with Gasteiger partial charge in [-0.3, -0.25) is 15.5 Å². The van der Waals surface area contributed by atoms with Crippen LogP contribution in [-0.2, 0) is 0 Å². The lowest BCUT2D eigenvalue weighted by Crippen LogP contribution is -2.13. The van der Waals surface area contributed by atoms with Crippen LogP contribution in [-0.4, -0.2) is 10.8 Å². The zero-order valence-corrected chi connectivity index (χ0v) is 8.80. The highest BCUT2D eigenvalue weighted by molar-refractivity contribution is 5.97. The molecule has 0 radical (unpaired) electrons. The van der Waals surface area contributed by atoms with Crippen LogP contribution in [0.25, 0.3) is 0 Å². The molecule has 0 aliphatic carbocycles. The average molecular weight is 231 g/mol.